The molecule has 7 nitrogen and oxygen atoms in total. The van der Waals surface area contributed by atoms with Gasteiger partial charge in [-0.1, -0.05) is 0 Å². The summed E-state index contributed by atoms with van der Waals surface area (Å²) in [7, 11) is 3.04. The van der Waals surface area contributed by atoms with E-state index in [1.807, 2.05) is 0 Å². The zero-order chi connectivity index (χ0) is 11.3. The van der Waals surface area contributed by atoms with E-state index in [9.17, 15) is 4.79 Å². The highest BCUT2D eigenvalue weighted by Gasteiger charge is 2.08. The van der Waals surface area contributed by atoms with Crippen molar-refractivity contribution in [3.05, 3.63) is 16.7 Å². The molecule has 0 aliphatic carbocycles. The standard InChI is InChI=1S/C8H14N4O3/c1-14-5(15-2)3-10-7-6(9)8(13)12-4-11-7/h4-5H,3,9H2,1-2H3,(H2,10,11,12,13). The molecular formula is C8H14N4O3. The highest BCUT2D eigenvalue weighted by atomic mass is 16.7. The molecule has 0 amide bonds. The minimum atomic E-state index is -0.412. The third-order valence-corrected chi connectivity index (χ3v) is 1.85. The van der Waals surface area contributed by atoms with Crippen molar-refractivity contribution < 1.29 is 9.47 Å². The Labute approximate surface area is 86.6 Å². The van der Waals surface area contributed by atoms with Gasteiger partial charge in [-0.2, -0.15) is 0 Å². The summed E-state index contributed by atoms with van der Waals surface area (Å²) in [5.74, 6) is 0.317. The molecule has 1 aromatic heterocycles. The number of ether oxygens (including phenoxy) is 2. The quantitative estimate of drug-likeness (QED) is 0.565. The molecule has 0 spiro atoms. The van der Waals surface area contributed by atoms with E-state index in [2.05, 4.69) is 15.3 Å². The van der Waals surface area contributed by atoms with Gasteiger partial charge in [0.25, 0.3) is 5.56 Å². The summed E-state index contributed by atoms with van der Waals surface area (Å²) >= 11 is 0. The van der Waals surface area contributed by atoms with Crippen LogP contribution in [-0.2, 0) is 9.47 Å². The lowest BCUT2D eigenvalue weighted by Gasteiger charge is -2.14. The Hall–Kier alpha value is -1.60. The Kier molecular flexibility index (Phi) is 4.07. The molecule has 0 saturated carbocycles. The van der Waals surface area contributed by atoms with Crippen LogP contribution in [0.15, 0.2) is 11.1 Å². The number of methoxy groups -OCH3 is 2. The summed E-state index contributed by atoms with van der Waals surface area (Å²) in [6.45, 7) is 0.355. The molecular weight excluding hydrogens is 200 g/mol. The highest BCUT2D eigenvalue weighted by molar-refractivity contribution is 5.58. The SMILES string of the molecule is COC(CNc1nc[nH]c(=O)c1N)OC. The number of hydrogen-bond acceptors (Lipinski definition) is 6. The van der Waals surface area contributed by atoms with Gasteiger partial charge in [-0.15, -0.1) is 0 Å². The fourth-order valence-corrected chi connectivity index (χ4v) is 0.994. The van der Waals surface area contributed by atoms with Gasteiger partial charge in [0.2, 0.25) is 0 Å². The van der Waals surface area contributed by atoms with Crippen molar-refractivity contribution in [2.45, 2.75) is 6.29 Å². The van der Waals surface area contributed by atoms with Gasteiger partial charge < -0.3 is 25.5 Å². The molecule has 7 heteroatoms. The Morgan fingerprint density at radius 3 is 2.87 bits per heavy atom. The number of nitrogens with two attached hydrogens (primary N) is 1. The minimum Gasteiger partial charge on any atom is -0.391 e. The van der Waals surface area contributed by atoms with Crippen LogP contribution in [0.2, 0.25) is 0 Å². The number of H-pyrrole nitrogens is 1. The van der Waals surface area contributed by atoms with Crippen LogP contribution in [0.1, 0.15) is 0 Å². The molecule has 0 unspecified atom stereocenters. The summed E-state index contributed by atoms with van der Waals surface area (Å²) in [6.07, 6.45) is 0.862. The lowest BCUT2D eigenvalue weighted by Crippen LogP contribution is -2.25. The number of hydrogen-bond donors (Lipinski definition) is 3. The van der Waals surface area contributed by atoms with Crippen molar-refractivity contribution in [2.75, 3.05) is 31.8 Å². The predicted molar refractivity (Wildman–Crippen MR) is 55.6 cm³/mol. The van der Waals surface area contributed by atoms with Crippen LogP contribution in [0.4, 0.5) is 11.5 Å². The second-order valence-electron chi connectivity index (χ2n) is 2.78. The molecule has 1 rings (SSSR count). The minimum absolute atomic E-state index is 0.0449. The molecule has 0 atom stereocenters. The van der Waals surface area contributed by atoms with Gasteiger partial charge in [-0.05, 0) is 0 Å². The zero-order valence-corrected chi connectivity index (χ0v) is 8.61. The molecule has 0 fully saturated rings. The largest absolute Gasteiger partial charge is 0.391 e. The lowest BCUT2D eigenvalue weighted by atomic mass is 10.4. The van der Waals surface area contributed by atoms with Gasteiger partial charge in [-0.25, -0.2) is 4.98 Å². The number of nitrogen functional groups attached to an aromatic ring is 1. The summed E-state index contributed by atoms with van der Waals surface area (Å²) in [6, 6.07) is 0. The van der Waals surface area contributed by atoms with E-state index in [0.29, 0.717) is 12.4 Å². The smallest absolute Gasteiger partial charge is 0.276 e. The Bertz CT molecular complexity index is 361. The number of rotatable bonds is 5. The fourth-order valence-electron chi connectivity index (χ4n) is 0.994. The number of anilines is 2. The normalized spacial score (nSPS) is 10.6. The van der Waals surface area contributed by atoms with Gasteiger partial charge in [-0.3, -0.25) is 4.79 Å². The van der Waals surface area contributed by atoms with Crippen LogP contribution in [0.25, 0.3) is 0 Å². The first-order valence-electron chi connectivity index (χ1n) is 4.31. The van der Waals surface area contributed by atoms with Crippen LogP contribution in [0.5, 0.6) is 0 Å². The third-order valence-electron chi connectivity index (χ3n) is 1.85. The Morgan fingerprint density at radius 1 is 1.60 bits per heavy atom. The average molecular weight is 214 g/mol. The van der Waals surface area contributed by atoms with Crippen LogP contribution in [-0.4, -0.2) is 37.0 Å². The average Bonchev–Trinajstić information content (AvgIpc) is 2.25. The Morgan fingerprint density at radius 2 is 2.27 bits per heavy atom. The van der Waals surface area contributed by atoms with Crippen LogP contribution >= 0.6 is 0 Å². The molecule has 84 valence electrons. The first kappa shape index (κ1) is 11.5. The molecule has 4 N–H and O–H groups in total. The second kappa shape index (κ2) is 5.32. The maximum Gasteiger partial charge on any atom is 0.276 e. The number of aromatic amines is 1. The van der Waals surface area contributed by atoms with Crippen LogP contribution in [0, 0.1) is 0 Å². The fraction of sp³-hybridized carbons (Fsp3) is 0.500. The molecule has 0 aliphatic rings. The molecule has 0 radical (unpaired) electrons. The van der Waals surface area contributed by atoms with Crippen molar-refractivity contribution in [1.82, 2.24) is 9.97 Å². The van der Waals surface area contributed by atoms with Crippen molar-refractivity contribution in [3.63, 3.8) is 0 Å². The van der Waals surface area contributed by atoms with Gasteiger partial charge in [0.05, 0.1) is 12.9 Å². The summed E-state index contributed by atoms with van der Waals surface area (Å²) in [5.41, 5.74) is 5.17. The second-order valence-corrected chi connectivity index (χ2v) is 2.78. The highest BCUT2D eigenvalue weighted by Crippen LogP contribution is 2.07. The van der Waals surface area contributed by atoms with Gasteiger partial charge in [0.15, 0.2) is 12.1 Å². The van der Waals surface area contributed by atoms with Crippen LogP contribution < -0.4 is 16.6 Å². The van der Waals surface area contributed by atoms with Crippen molar-refractivity contribution >= 4 is 11.5 Å². The molecule has 0 saturated heterocycles. The molecule has 0 aliphatic heterocycles. The summed E-state index contributed by atoms with van der Waals surface area (Å²) in [4.78, 5) is 17.3. The molecule has 1 heterocycles. The molecule has 1 aromatic rings. The van der Waals surface area contributed by atoms with Crippen LogP contribution in [0.3, 0.4) is 0 Å². The van der Waals surface area contributed by atoms with E-state index < -0.39 is 6.29 Å². The topological polar surface area (TPSA) is 102 Å². The number of aromatic nitrogens is 2. The summed E-state index contributed by atoms with van der Waals surface area (Å²) < 4.78 is 9.90. The molecule has 0 bridgehead atoms. The number of nitrogens with zero attached hydrogens (tertiary/aromatic N) is 1. The zero-order valence-electron chi connectivity index (χ0n) is 8.61. The Balaban J connectivity index is 2.65. The van der Waals surface area contributed by atoms with E-state index in [0.717, 1.165) is 0 Å². The van der Waals surface area contributed by atoms with E-state index in [1.165, 1.54) is 20.5 Å². The lowest BCUT2D eigenvalue weighted by molar-refractivity contribution is -0.0914. The number of nitrogens with one attached hydrogen (secondary N) is 2. The molecule has 0 aromatic carbocycles. The monoisotopic (exact) mass is 214 g/mol. The van der Waals surface area contributed by atoms with E-state index in [4.69, 9.17) is 15.2 Å². The van der Waals surface area contributed by atoms with E-state index in [-0.39, 0.29) is 11.2 Å². The van der Waals surface area contributed by atoms with Crippen molar-refractivity contribution in [3.8, 4) is 0 Å². The maximum atomic E-state index is 11.1. The van der Waals surface area contributed by atoms with Gasteiger partial charge >= 0.3 is 0 Å². The van der Waals surface area contributed by atoms with Crippen molar-refractivity contribution in [2.24, 2.45) is 0 Å². The van der Waals surface area contributed by atoms with Gasteiger partial charge in [0.1, 0.15) is 5.69 Å². The van der Waals surface area contributed by atoms with Crippen molar-refractivity contribution in [1.29, 1.82) is 0 Å². The van der Waals surface area contributed by atoms with E-state index >= 15 is 0 Å². The first-order valence-corrected chi connectivity index (χ1v) is 4.31. The molecule has 15 heavy (non-hydrogen) atoms. The summed E-state index contributed by atoms with van der Waals surface area (Å²) in [5, 5.41) is 2.85. The third kappa shape index (κ3) is 2.93. The maximum absolute atomic E-state index is 11.1. The first-order chi connectivity index (χ1) is 7.19. The van der Waals surface area contributed by atoms with E-state index in [1.54, 1.807) is 0 Å². The van der Waals surface area contributed by atoms with Gasteiger partial charge in [0, 0.05) is 14.2 Å². The predicted octanol–water partition coefficient (Wildman–Crippen LogP) is -0.617.